The average molecular weight is 344 g/mol. The molecular weight excluding hydrogens is 324 g/mol. The number of hydrogen-bond donors (Lipinski definition) is 1. The second kappa shape index (κ2) is 7.09. The fourth-order valence-electron chi connectivity index (χ4n) is 2.54. The number of aromatic nitrogens is 2. The summed E-state index contributed by atoms with van der Waals surface area (Å²) >= 11 is 1.39. The number of benzene rings is 1. The number of carbonyl (C=O) groups excluding carboxylic acids is 2. The topological polar surface area (TPSA) is 75.2 Å². The van der Waals surface area contributed by atoms with Gasteiger partial charge in [0.1, 0.15) is 5.01 Å². The number of hydrogen-bond acceptors (Lipinski definition) is 5. The van der Waals surface area contributed by atoms with Gasteiger partial charge >= 0.3 is 0 Å². The van der Waals surface area contributed by atoms with Crippen molar-refractivity contribution in [2.45, 2.75) is 39.2 Å². The molecule has 1 aromatic heterocycles. The Hall–Kier alpha value is -2.28. The number of nitrogens with one attached hydrogen (secondary N) is 1. The van der Waals surface area contributed by atoms with Crippen LogP contribution in [0.5, 0.6) is 0 Å². The lowest BCUT2D eigenvalue weighted by atomic mass is 10.1. The molecule has 1 fully saturated rings. The van der Waals surface area contributed by atoms with Gasteiger partial charge in [0.15, 0.2) is 0 Å². The fourth-order valence-corrected chi connectivity index (χ4v) is 3.28. The molecule has 1 N–H and O–H groups in total. The summed E-state index contributed by atoms with van der Waals surface area (Å²) in [6, 6.07) is 7.32. The predicted molar refractivity (Wildman–Crippen MR) is 93.0 cm³/mol. The van der Waals surface area contributed by atoms with Crippen LogP contribution in [0.1, 0.15) is 53.5 Å². The van der Waals surface area contributed by atoms with E-state index in [0.717, 1.165) is 23.5 Å². The number of likely N-dealkylation sites (tertiary alicyclic amines) is 1. The van der Waals surface area contributed by atoms with Crippen LogP contribution >= 0.6 is 11.3 Å². The Balaban J connectivity index is 1.61. The molecule has 1 aliphatic heterocycles. The lowest BCUT2D eigenvalue weighted by Gasteiger charge is -2.15. The van der Waals surface area contributed by atoms with Gasteiger partial charge in [-0.1, -0.05) is 37.3 Å². The van der Waals surface area contributed by atoms with E-state index in [9.17, 15) is 9.59 Å². The van der Waals surface area contributed by atoms with E-state index in [1.807, 2.05) is 30.9 Å². The van der Waals surface area contributed by atoms with E-state index < -0.39 is 0 Å². The molecule has 2 aromatic rings. The Kier molecular flexibility index (Phi) is 4.89. The highest BCUT2D eigenvalue weighted by Gasteiger charge is 2.20. The SMILES string of the molecule is CC(C)c1nnc(NC(=O)c2ccc(CN3CCCC3=O)cc2)s1. The van der Waals surface area contributed by atoms with Crippen LogP contribution in [0.2, 0.25) is 0 Å². The first-order valence-corrected chi connectivity index (χ1v) is 8.86. The molecule has 6 nitrogen and oxygen atoms in total. The molecule has 0 spiro atoms. The largest absolute Gasteiger partial charge is 0.338 e. The Morgan fingerprint density at radius 2 is 2.04 bits per heavy atom. The van der Waals surface area contributed by atoms with Crippen LogP contribution in [-0.2, 0) is 11.3 Å². The molecule has 3 rings (SSSR count). The third-order valence-corrected chi connectivity index (χ3v) is 5.06. The third kappa shape index (κ3) is 3.79. The highest BCUT2D eigenvalue weighted by Crippen LogP contribution is 2.23. The van der Waals surface area contributed by atoms with Gasteiger partial charge in [-0.3, -0.25) is 14.9 Å². The summed E-state index contributed by atoms with van der Waals surface area (Å²) in [5.74, 6) is 0.292. The van der Waals surface area contributed by atoms with Crippen LogP contribution in [0.25, 0.3) is 0 Å². The highest BCUT2D eigenvalue weighted by atomic mass is 32.1. The quantitative estimate of drug-likeness (QED) is 0.904. The molecule has 0 aliphatic carbocycles. The normalized spacial score (nSPS) is 14.5. The minimum atomic E-state index is -0.203. The highest BCUT2D eigenvalue weighted by molar-refractivity contribution is 7.15. The van der Waals surface area contributed by atoms with Crippen molar-refractivity contribution in [1.29, 1.82) is 0 Å². The van der Waals surface area contributed by atoms with Crippen molar-refractivity contribution in [2.75, 3.05) is 11.9 Å². The summed E-state index contributed by atoms with van der Waals surface area (Å²) < 4.78 is 0. The van der Waals surface area contributed by atoms with E-state index in [2.05, 4.69) is 15.5 Å². The molecule has 0 bridgehead atoms. The zero-order valence-corrected chi connectivity index (χ0v) is 14.6. The summed E-state index contributed by atoms with van der Waals surface area (Å²) in [6.07, 6.45) is 1.57. The molecule has 1 saturated heterocycles. The first-order valence-electron chi connectivity index (χ1n) is 8.04. The molecule has 7 heteroatoms. The van der Waals surface area contributed by atoms with Crippen LogP contribution in [0.15, 0.2) is 24.3 Å². The van der Waals surface area contributed by atoms with Gasteiger partial charge in [-0.15, -0.1) is 10.2 Å². The lowest BCUT2D eigenvalue weighted by molar-refractivity contribution is -0.128. The van der Waals surface area contributed by atoms with Gasteiger partial charge < -0.3 is 4.90 Å². The first-order chi connectivity index (χ1) is 11.5. The number of rotatable bonds is 5. The maximum Gasteiger partial charge on any atom is 0.257 e. The zero-order valence-electron chi connectivity index (χ0n) is 13.8. The van der Waals surface area contributed by atoms with Crippen molar-refractivity contribution in [3.8, 4) is 0 Å². The van der Waals surface area contributed by atoms with E-state index >= 15 is 0 Å². The molecule has 2 amide bonds. The van der Waals surface area contributed by atoms with Gasteiger partial charge in [0.25, 0.3) is 5.91 Å². The van der Waals surface area contributed by atoms with E-state index in [1.165, 1.54) is 11.3 Å². The second-order valence-corrected chi connectivity index (χ2v) is 7.18. The molecule has 24 heavy (non-hydrogen) atoms. The van der Waals surface area contributed by atoms with Gasteiger partial charge in [0.05, 0.1) is 0 Å². The Morgan fingerprint density at radius 1 is 1.29 bits per heavy atom. The van der Waals surface area contributed by atoms with Gasteiger partial charge in [0.2, 0.25) is 11.0 Å². The first kappa shape index (κ1) is 16.6. The fraction of sp³-hybridized carbons (Fsp3) is 0.412. The Bertz CT molecular complexity index is 739. The van der Waals surface area contributed by atoms with Gasteiger partial charge in [0, 0.05) is 31.0 Å². The van der Waals surface area contributed by atoms with Crippen molar-refractivity contribution in [3.05, 3.63) is 40.4 Å². The average Bonchev–Trinajstić information content (AvgIpc) is 3.18. The van der Waals surface area contributed by atoms with E-state index in [0.29, 0.717) is 29.6 Å². The molecule has 126 valence electrons. The standard InChI is InChI=1S/C17H20N4O2S/c1-11(2)16-19-20-17(24-16)18-15(23)13-7-5-12(6-8-13)10-21-9-3-4-14(21)22/h5-8,11H,3-4,9-10H2,1-2H3,(H,18,20,23). The minimum absolute atomic E-state index is 0.203. The monoisotopic (exact) mass is 344 g/mol. The van der Waals surface area contributed by atoms with Crippen LogP contribution in [0, 0.1) is 0 Å². The summed E-state index contributed by atoms with van der Waals surface area (Å²) in [5.41, 5.74) is 1.59. The van der Waals surface area contributed by atoms with Crippen LogP contribution < -0.4 is 5.32 Å². The molecular formula is C17H20N4O2S. The molecule has 1 aromatic carbocycles. The minimum Gasteiger partial charge on any atom is -0.338 e. The van der Waals surface area contributed by atoms with Crippen LogP contribution in [0.3, 0.4) is 0 Å². The molecule has 1 aliphatic rings. The molecule has 0 unspecified atom stereocenters. The summed E-state index contributed by atoms with van der Waals surface area (Å²) in [4.78, 5) is 25.8. The van der Waals surface area contributed by atoms with Gasteiger partial charge in [-0.2, -0.15) is 0 Å². The number of carbonyl (C=O) groups is 2. The van der Waals surface area contributed by atoms with Crippen molar-refractivity contribution in [3.63, 3.8) is 0 Å². The second-order valence-electron chi connectivity index (χ2n) is 6.17. The third-order valence-electron chi connectivity index (χ3n) is 3.92. The Morgan fingerprint density at radius 3 is 2.62 bits per heavy atom. The maximum atomic E-state index is 12.3. The van der Waals surface area contributed by atoms with Gasteiger partial charge in [-0.05, 0) is 24.1 Å². The van der Waals surface area contributed by atoms with Crippen molar-refractivity contribution in [1.82, 2.24) is 15.1 Å². The number of amides is 2. The van der Waals surface area contributed by atoms with Crippen molar-refractivity contribution in [2.24, 2.45) is 0 Å². The maximum absolute atomic E-state index is 12.3. The van der Waals surface area contributed by atoms with E-state index in [-0.39, 0.29) is 11.8 Å². The van der Waals surface area contributed by atoms with Crippen LogP contribution in [-0.4, -0.2) is 33.5 Å². The molecule has 0 saturated carbocycles. The smallest absolute Gasteiger partial charge is 0.257 e. The van der Waals surface area contributed by atoms with E-state index in [1.54, 1.807) is 12.1 Å². The van der Waals surface area contributed by atoms with Crippen LogP contribution in [0.4, 0.5) is 5.13 Å². The van der Waals surface area contributed by atoms with Crippen molar-refractivity contribution < 1.29 is 9.59 Å². The number of nitrogens with zero attached hydrogens (tertiary/aromatic N) is 3. The molecule has 0 atom stereocenters. The molecule has 2 heterocycles. The predicted octanol–water partition coefficient (Wildman–Crippen LogP) is 3.04. The molecule has 0 radical (unpaired) electrons. The Labute approximate surface area is 144 Å². The zero-order chi connectivity index (χ0) is 17.1. The summed E-state index contributed by atoms with van der Waals surface area (Å²) in [5, 5.41) is 12.2. The van der Waals surface area contributed by atoms with Crippen molar-refractivity contribution >= 4 is 28.3 Å². The van der Waals surface area contributed by atoms with E-state index in [4.69, 9.17) is 0 Å². The summed E-state index contributed by atoms with van der Waals surface area (Å²) in [7, 11) is 0. The summed E-state index contributed by atoms with van der Waals surface area (Å²) in [6.45, 7) is 5.50. The number of anilines is 1. The van der Waals surface area contributed by atoms with Gasteiger partial charge in [-0.25, -0.2) is 0 Å². The lowest BCUT2D eigenvalue weighted by Crippen LogP contribution is -2.23.